The predicted molar refractivity (Wildman–Crippen MR) is 53.6 cm³/mol. The highest BCUT2D eigenvalue weighted by Gasteiger charge is 2.09. The first-order chi connectivity index (χ1) is 5.52. The monoisotopic (exact) mass is 188 g/mol. The molecule has 0 N–H and O–H groups in total. The fraction of sp³-hybridized carbons (Fsp3) is 0.667. The average Bonchev–Trinajstić information content (AvgIpc) is 2.36. The van der Waals surface area contributed by atoms with Crippen LogP contribution in [-0.2, 0) is 5.54 Å². The van der Waals surface area contributed by atoms with Gasteiger partial charge >= 0.3 is 0 Å². The summed E-state index contributed by atoms with van der Waals surface area (Å²) >= 11 is 5.00. The molecule has 0 amide bonds. The van der Waals surface area contributed by atoms with Gasteiger partial charge < -0.3 is 4.57 Å². The second-order valence-corrected chi connectivity index (χ2v) is 3.94. The molecule has 0 atom stereocenters. The molecule has 0 bridgehead atoms. The fourth-order valence-corrected chi connectivity index (χ4v) is 0.656. The van der Waals surface area contributed by atoms with E-state index in [4.69, 9.17) is 11.6 Å². The molecule has 0 fully saturated rings. The van der Waals surface area contributed by atoms with Gasteiger partial charge in [0.1, 0.15) is 0 Å². The van der Waals surface area contributed by atoms with Gasteiger partial charge in [0.05, 0.1) is 6.33 Å². The van der Waals surface area contributed by atoms with Crippen molar-refractivity contribution in [2.24, 2.45) is 0 Å². The van der Waals surface area contributed by atoms with Gasteiger partial charge in [-0.2, -0.15) is 0 Å². The van der Waals surface area contributed by atoms with E-state index in [0.717, 1.165) is 5.88 Å². The summed E-state index contributed by atoms with van der Waals surface area (Å²) < 4.78 is 2.08. The third kappa shape index (κ3) is 4.39. The third-order valence-corrected chi connectivity index (χ3v) is 1.28. The summed E-state index contributed by atoms with van der Waals surface area (Å²) in [5, 5.41) is 0. The van der Waals surface area contributed by atoms with E-state index >= 15 is 0 Å². The number of hydrogen-bond donors (Lipinski definition) is 0. The molecule has 0 saturated heterocycles. The fourth-order valence-electron chi connectivity index (χ4n) is 0.656. The van der Waals surface area contributed by atoms with Crippen molar-refractivity contribution in [2.75, 3.05) is 5.88 Å². The number of halogens is 1. The molecule has 0 spiro atoms. The van der Waals surface area contributed by atoms with E-state index in [0.29, 0.717) is 0 Å². The van der Waals surface area contributed by atoms with Gasteiger partial charge in [0.15, 0.2) is 0 Å². The number of rotatable bonds is 0. The van der Waals surface area contributed by atoms with Crippen LogP contribution >= 0.6 is 11.6 Å². The smallest absolute Gasteiger partial charge is 0.0950 e. The summed E-state index contributed by atoms with van der Waals surface area (Å²) in [6, 6.07) is 0. The van der Waals surface area contributed by atoms with E-state index in [-0.39, 0.29) is 5.54 Å². The van der Waals surface area contributed by atoms with E-state index < -0.39 is 0 Å². The molecule has 0 aliphatic carbocycles. The normalized spacial score (nSPS) is 10.4. The molecule has 0 aromatic carbocycles. The molecule has 1 aromatic heterocycles. The summed E-state index contributed by atoms with van der Waals surface area (Å²) in [7, 11) is 0. The van der Waals surface area contributed by atoms with Gasteiger partial charge in [-0.15, -0.1) is 11.6 Å². The highest BCUT2D eigenvalue weighted by Crippen LogP contribution is 2.11. The first kappa shape index (κ1) is 11.5. The minimum atomic E-state index is 0.177. The molecule has 0 radical (unpaired) electrons. The Balaban J connectivity index is 0.000000354. The van der Waals surface area contributed by atoms with Crippen LogP contribution in [0.25, 0.3) is 0 Å². The Morgan fingerprint density at radius 2 is 1.92 bits per heavy atom. The van der Waals surface area contributed by atoms with Crippen LogP contribution in [0, 0.1) is 0 Å². The summed E-state index contributed by atoms with van der Waals surface area (Å²) in [6.45, 7) is 8.33. The first-order valence-electron chi connectivity index (χ1n) is 4.06. The molecule has 2 nitrogen and oxygen atoms in total. The zero-order valence-corrected chi connectivity index (χ0v) is 8.97. The van der Waals surface area contributed by atoms with Crippen molar-refractivity contribution in [3.8, 4) is 0 Å². The Bertz CT molecular complexity index is 187. The van der Waals surface area contributed by atoms with Gasteiger partial charge in [-0.05, 0) is 20.8 Å². The first-order valence-corrected chi connectivity index (χ1v) is 4.60. The van der Waals surface area contributed by atoms with Crippen molar-refractivity contribution in [1.29, 1.82) is 0 Å². The van der Waals surface area contributed by atoms with Crippen molar-refractivity contribution < 1.29 is 0 Å². The lowest BCUT2D eigenvalue weighted by Crippen LogP contribution is -2.19. The Morgan fingerprint density at radius 3 is 2.08 bits per heavy atom. The van der Waals surface area contributed by atoms with E-state index in [1.54, 1.807) is 6.20 Å². The zero-order valence-electron chi connectivity index (χ0n) is 8.21. The maximum atomic E-state index is 5.00. The molecule has 3 heteroatoms. The average molecular weight is 189 g/mol. The number of alkyl halides is 1. The Kier molecular flexibility index (Phi) is 4.98. The largest absolute Gasteiger partial charge is 0.332 e. The molecule has 0 unspecified atom stereocenters. The molecule has 70 valence electrons. The lowest BCUT2D eigenvalue weighted by Gasteiger charge is -2.19. The van der Waals surface area contributed by atoms with Gasteiger partial charge in [0.2, 0.25) is 0 Å². The SMILES string of the molecule is CC(C)(C)n1ccnc1.CCCl. The highest BCUT2D eigenvalue weighted by atomic mass is 35.5. The molecule has 1 heterocycles. The van der Waals surface area contributed by atoms with Gasteiger partial charge in [0, 0.05) is 23.8 Å². The number of nitrogens with zero attached hydrogens (tertiary/aromatic N) is 2. The standard InChI is InChI=1S/C7H12N2.C2H5Cl/c1-7(2,3)9-5-4-8-6-9;1-2-3/h4-6H,1-3H3;2H2,1H3. The predicted octanol–water partition coefficient (Wildman–Crippen LogP) is 2.88. The number of hydrogen-bond acceptors (Lipinski definition) is 1. The molecule has 0 aliphatic rings. The number of aromatic nitrogens is 2. The van der Waals surface area contributed by atoms with Crippen LogP contribution in [0.5, 0.6) is 0 Å². The van der Waals surface area contributed by atoms with Gasteiger partial charge in [-0.25, -0.2) is 4.98 Å². The second-order valence-electron chi connectivity index (χ2n) is 3.41. The van der Waals surface area contributed by atoms with E-state index in [1.807, 2.05) is 19.4 Å². The Labute approximate surface area is 79.6 Å². The maximum Gasteiger partial charge on any atom is 0.0950 e. The third-order valence-electron chi connectivity index (χ3n) is 1.28. The lowest BCUT2D eigenvalue weighted by molar-refractivity contribution is 0.396. The molecule has 0 aliphatic heterocycles. The van der Waals surface area contributed by atoms with E-state index in [1.165, 1.54) is 0 Å². The number of imidazole rings is 1. The Hall–Kier alpha value is -0.500. The summed E-state index contributed by atoms with van der Waals surface area (Å²) in [5.41, 5.74) is 0.177. The van der Waals surface area contributed by atoms with Crippen LogP contribution in [0.3, 0.4) is 0 Å². The van der Waals surface area contributed by atoms with E-state index in [2.05, 4.69) is 30.3 Å². The van der Waals surface area contributed by atoms with Crippen LogP contribution in [0.2, 0.25) is 0 Å². The minimum Gasteiger partial charge on any atom is -0.332 e. The van der Waals surface area contributed by atoms with Crippen LogP contribution in [-0.4, -0.2) is 15.4 Å². The zero-order chi connectivity index (χ0) is 9.61. The molecular formula is C9H17ClN2. The van der Waals surface area contributed by atoms with Crippen molar-refractivity contribution >= 4 is 11.6 Å². The lowest BCUT2D eigenvalue weighted by atomic mass is 10.1. The van der Waals surface area contributed by atoms with Gasteiger partial charge in [-0.1, -0.05) is 6.92 Å². The topological polar surface area (TPSA) is 17.8 Å². The van der Waals surface area contributed by atoms with Crippen LogP contribution in [0.15, 0.2) is 18.7 Å². The van der Waals surface area contributed by atoms with Crippen molar-refractivity contribution in [3.63, 3.8) is 0 Å². The van der Waals surface area contributed by atoms with Gasteiger partial charge in [-0.3, -0.25) is 0 Å². The summed E-state index contributed by atoms with van der Waals surface area (Å²) in [4.78, 5) is 3.95. The maximum absolute atomic E-state index is 5.00. The van der Waals surface area contributed by atoms with Crippen molar-refractivity contribution in [1.82, 2.24) is 9.55 Å². The molecule has 1 aromatic rings. The van der Waals surface area contributed by atoms with Crippen molar-refractivity contribution in [2.45, 2.75) is 33.2 Å². The van der Waals surface area contributed by atoms with Crippen LogP contribution in [0.1, 0.15) is 27.7 Å². The molecule has 0 saturated carbocycles. The van der Waals surface area contributed by atoms with Crippen LogP contribution in [0.4, 0.5) is 0 Å². The van der Waals surface area contributed by atoms with Crippen molar-refractivity contribution in [3.05, 3.63) is 18.7 Å². The summed E-state index contributed by atoms with van der Waals surface area (Å²) in [6.07, 6.45) is 5.60. The summed E-state index contributed by atoms with van der Waals surface area (Å²) in [5.74, 6) is 0.722. The highest BCUT2D eigenvalue weighted by molar-refractivity contribution is 6.17. The molecule has 12 heavy (non-hydrogen) atoms. The Morgan fingerprint density at radius 1 is 1.42 bits per heavy atom. The molecule has 1 rings (SSSR count). The second kappa shape index (κ2) is 5.20. The molecular weight excluding hydrogens is 172 g/mol. The van der Waals surface area contributed by atoms with Gasteiger partial charge in [0.25, 0.3) is 0 Å². The quantitative estimate of drug-likeness (QED) is 0.573. The van der Waals surface area contributed by atoms with E-state index in [9.17, 15) is 0 Å². The minimum absolute atomic E-state index is 0.177. The van der Waals surface area contributed by atoms with Crippen LogP contribution < -0.4 is 0 Å².